The Kier molecular flexibility index (Phi) is 7.49. The van der Waals surface area contributed by atoms with Crippen LogP contribution in [0.1, 0.15) is 44.5 Å². The zero-order valence-electron chi connectivity index (χ0n) is 19.1. The first-order valence-electron chi connectivity index (χ1n) is 10.1. The third-order valence-corrected chi connectivity index (χ3v) is 7.29. The van der Waals surface area contributed by atoms with E-state index in [9.17, 15) is 27.2 Å². The highest BCUT2D eigenvalue weighted by atomic mass is 32.2. The number of hydrogen-bond acceptors (Lipinski definition) is 6. The SMILES string of the molecule is CC(C)(C)NC(=O)c1cc(-c2ccn(CCC(C)(C(=O)NO)S(C)(=O)=O)c(=O)c2)ccc1F. The van der Waals surface area contributed by atoms with Crippen LogP contribution in [0, 0.1) is 5.82 Å². The van der Waals surface area contributed by atoms with Gasteiger partial charge in [0.2, 0.25) is 0 Å². The summed E-state index contributed by atoms with van der Waals surface area (Å²) in [5, 5.41) is 11.6. The molecule has 0 spiro atoms. The van der Waals surface area contributed by atoms with Gasteiger partial charge in [-0.2, -0.15) is 0 Å². The minimum atomic E-state index is -3.90. The van der Waals surface area contributed by atoms with Crippen molar-refractivity contribution in [2.45, 2.75) is 50.9 Å². The van der Waals surface area contributed by atoms with Crippen LogP contribution in [0.25, 0.3) is 11.1 Å². The normalized spacial score (nSPS) is 13.8. The van der Waals surface area contributed by atoms with Crippen molar-refractivity contribution in [1.82, 2.24) is 15.4 Å². The van der Waals surface area contributed by atoms with Gasteiger partial charge in [0.25, 0.3) is 17.4 Å². The first-order chi connectivity index (χ1) is 15.1. The Bertz CT molecular complexity index is 1230. The summed E-state index contributed by atoms with van der Waals surface area (Å²) >= 11 is 0. The maximum Gasteiger partial charge on any atom is 0.264 e. The lowest BCUT2D eigenvalue weighted by atomic mass is 10.0. The Morgan fingerprint density at radius 2 is 1.70 bits per heavy atom. The molecule has 1 atom stereocenters. The Morgan fingerprint density at radius 1 is 1.09 bits per heavy atom. The Hall–Kier alpha value is -3.05. The molecule has 1 heterocycles. The third kappa shape index (κ3) is 6.05. The number of aromatic nitrogens is 1. The quantitative estimate of drug-likeness (QED) is 0.408. The van der Waals surface area contributed by atoms with Gasteiger partial charge in [0.1, 0.15) is 5.82 Å². The summed E-state index contributed by atoms with van der Waals surface area (Å²) in [7, 11) is -3.90. The summed E-state index contributed by atoms with van der Waals surface area (Å²) in [4.78, 5) is 36.9. The molecule has 0 aliphatic rings. The van der Waals surface area contributed by atoms with Crippen LogP contribution in [0.5, 0.6) is 0 Å². The Balaban J connectivity index is 2.33. The Morgan fingerprint density at radius 3 is 2.21 bits per heavy atom. The molecule has 0 bridgehead atoms. The van der Waals surface area contributed by atoms with Crippen molar-refractivity contribution in [2.75, 3.05) is 6.26 Å². The van der Waals surface area contributed by atoms with E-state index in [0.29, 0.717) is 11.1 Å². The highest BCUT2D eigenvalue weighted by molar-refractivity contribution is 7.92. The van der Waals surface area contributed by atoms with E-state index in [2.05, 4.69) is 5.32 Å². The van der Waals surface area contributed by atoms with Gasteiger partial charge < -0.3 is 9.88 Å². The molecule has 0 fully saturated rings. The standard InChI is InChI=1S/C22H28FN3O6S/c1-21(2,3)24-19(28)16-12-14(6-7-17(16)23)15-8-10-26(18(27)13-15)11-9-22(4,20(29)25-30)33(5,31)32/h6-8,10,12-13,30H,9,11H2,1-5H3,(H,24,28)(H,25,29). The van der Waals surface area contributed by atoms with Gasteiger partial charge in [-0.05, 0) is 63.4 Å². The fourth-order valence-corrected chi connectivity index (χ4v) is 3.92. The summed E-state index contributed by atoms with van der Waals surface area (Å²) in [6, 6.07) is 6.76. The van der Waals surface area contributed by atoms with E-state index in [4.69, 9.17) is 5.21 Å². The lowest BCUT2D eigenvalue weighted by Gasteiger charge is -2.25. The third-order valence-electron chi connectivity index (χ3n) is 5.26. The Labute approximate surface area is 191 Å². The van der Waals surface area contributed by atoms with Gasteiger partial charge in [-0.15, -0.1) is 0 Å². The van der Waals surface area contributed by atoms with E-state index in [1.165, 1.54) is 34.4 Å². The minimum Gasteiger partial charge on any atom is -0.347 e. The number of benzene rings is 1. The van der Waals surface area contributed by atoms with Crippen LogP contribution < -0.4 is 16.4 Å². The van der Waals surface area contributed by atoms with Gasteiger partial charge in [0, 0.05) is 30.6 Å². The van der Waals surface area contributed by atoms with Gasteiger partial charge in [0.05, 0.1) is 5.56 Å². The molecule has 11 heteroatoms. The molecule has 2 amide bonds. The molecule has 2 rings (SSSR count). The van der Waals surface area contributed by atoms with E-state index in [0.717, 1.165) is 19.2 Å². The molecule has 0 saturated carbocycles. The highest BCUT2D eigenvalue weighted by Gasteiger charge is 2.43. The summed E-state index contributed by atoms with van der Waals surface area (Å²) in [6.07, 6.45) is 2.02. The molecule has 0 aliphatic heterocycles. The molecule has 1 aromatic carbocycles. The highest BCUT2D eigenvalue weighted by Crippen LogP contribution is 2.24. The second-order valence-corrected chi connectivity index (χ2v) is 11.5. The largest absolute Gasteiger partial charge is 0.347 e. The van der Waals surface area contributed by atoms with Crippen molar-refractivity contribution in [3.63, 3.8) is 0 Å². The monoisotopic (exact) mass is 481 g/mol. The lowest BCUT2D eigenvalue weighted by Crippen LogP contribution is -2.49. The van der Waals surface area contributed by atoms with Crippen molar-refractivity contribution in [3.8, 4) is 11.1 Å². The molecule has 2 aromatic rings. The molecule has 1 aromatic heterocycles. The summed E-state index contributed by atoms with van der Waals surface area (Å²) in [5.41, 5.74) is 1.02. The van der Waals surface area contributed by atoms with Crippen molar-refractivity contribution < 1.29 is 27.6 Å². The molecule has 0 radical (unpaired) electrons. The number of nitrogens with one attached hydrogen (secondary N) is 2. The van der Waals surface area contributed by atoms with Gasteiger partial charge in [-0.1, -0.05) is 6.07 Å². The summed E-state index contributed by atoms with van der Waals surface area (Å²) in [6.45, 7) is 6.36. The van der Waals surface area contributed by atoms with Crippen LogP contribution >= 0.6 is 0 Å². The number of sulfone groups is 1. The molecule has 1 unspecified atom stereocenters. The average Bonchev–Trinajstić information content (AvgIpc) is 2.70. The molecule has 9 nitrogen and oxygen atoms in total. The fraction of sp³-hybridized carbons (Fsp3) is 0.409. The topological polar surface area (TPSA) is 135 Å². The molecule has 3 N–H and O–H groups in total. The lowest BCUT2D eigenvalue weighted by molar-refractivity contribution is -0.131. The van der Waals surface area contributed by atoms with Gasteiger partial charge >= 0.3 is 0 Å². The zero-order valence-corrected chi connectivity index (χ0v) is 19.9. The van der Waals surface area contributed by atoms with E-state index < -0.39 is 43.3 Å². The van der Waals surface area contributed by atoms with Crippen LogP contribution in [-0.4, -0.2) is 46.5 Å². The van der Waals surface area contributed by atoms with Crippen LogP contribution in [0.15, 0.2) is 41.3 Å². The summed E-state index contributed by atoms with van der Waals surface area (Å²) in [5.74, 6) is -2.38. The van der Waals surface area contributed by atoms with Gasteiger partial charge in [-0.3, -0.25) is 19.6 Å². The van der Waals surface area contributed by atoms with Crippen molar-refractivity contribution in [3.05, 3.63) is 58.3 Å². The van der Waals surface area contributed by atoms with Gasteiger partial charge in [0.15, 0.2) is 14.6 Å². The summed E-state index contributed by atoms with van der Waals surface area (Å²) < 4.78 is 37.7. The van der Waals surface area contributed by atoms with Crippen LogP contribution in [0.2, 0.25) is 0 Å². The second-order valence-electron chi connectivity index (χ2n) is 9.04. The number of aryl methyl sites for hydroxylation is 1. The van der Waals surface area contributed by atoms with Crippen LogP contribution in [-0.2, 0) is 21.2 Å². The molecule has 33 heavy (non-hydrogen) atoms. The number of amides is 2. The first kappa shape index (κ1) is 26.2. The number of hydroxylamine groups is 1. The number of nitrogens with zero attached hydrogens (tertiary/aromatic N) is 1. The van der Waals surface area contributed by atoms with Crippen molar-refractivity contribution >= 4 is 21.7 Å². The van der Waals surface area contributed by atoms with E-state index >= 15 is 0 Å². The smallest absolute Gasteiger partial charge is 0.264 e. The number of halogens is 1. The number of pyridine rings is 1. The fourth-order valence-electron chi connectivity index (χ4n) is 3.08. The predicted molar refractivity (Wildman–Crippen MR) is 121 cm³/mol. The molecule has 0 aliphatic carbocycles. The molecular formula is C22H28FN3O6S. The maximum absolute atomic E-state index is 14.2. The number of hydrogen-bond donors (Lipinski definition) is 3. The minimum absolute atomic E-state index is 0.112. The molecule has 0 saturated heterocycles. The van der Waals surface area contributed by atoms with E-state index in [1.54, 1.807) is 26.8 Å². The van der Waals surface area contributed by atoms with Crippen LogP contribution in [0.4, 0.5) is 4.39 Å². The number of rotatable bonds is 7. The second kappa shape index (κ2) is 9.44. The van der Waals surface area contributed by atoms with E-state index in [1.807, 2.05) is 0 Å². The van der Waals surface area contributed by atoms with Crippen LogP contribution in [0.3, 0.4) is 0 Å². The average molecular weight is 482 g/mol. The van der Waals surface area contributed by atoms with Crippen molar-refractivity contribution in [2.24, 2.45) is 0 Å². The van der Waals surface area contributed by atoms with Crippen molar-refractivity contribution in [1.29, 1.82) is 0 Å². The first-order valence-corrected chi connectivity index (χ1v) is 12.0. The zero-order chi connectivity index (χ0) is 25.2. The molecule has 180 valence electrons. The maximum atomic E-state index is 14.2. The molecular weight excluding hydrogens is 453 g/mol. The number of carbonyl (C=O) groups is 2. The predicted octanol–water partition coefficient (Wildman–Crippen LogP) is 1.88. The van der Waals surface area contributed by atoms with Gasteiger partial charge in [-0.25, -0.2) is 18.3 Å². The van der Waals surface area contributed by atoms with E-state index in [-0.39, 0.29) is 18.5 Å². The number of carbonyl (C=O) groups excluding carboxylic acids is 2.